The summed E-state index contributed by atoms with van der Waals surface area (Å²) in [6.45, 7) is 6.50. The molecule has 0 aliphatic rings. The third kappa shape index (κ3) is 47.7. The van der Waals surface area contributed by atoms with Gasteiger partial charge < -0.3 is 14.2 Å². The average Bonchev–Trinajstić information content (AvgIpc) is 3.26. The first-order valence-electron chi connectivity index (χ1n) is 25.4. The topological polar surface area (TPSA) is 78.9 Å². The first kappa shape index (κ1) is 57.9. The van der Waals surface area contributed by atoms with Gasteiger partial charge in [-0.3, -0.25) is 14.4 Å². The minimum Gasteiger partial charge on any atom is -0.462 e. The molecule has 0 radical (unpaired) electrons. The molecule has 0 saturated carbocycles. The Morgan fingerprint density at radius 1 is 0.328 bits per heavy atom. The van der Waals surface area contributed by atoms with Gasteiger partial charge in [0.15, 0.2) is 6.10 Å². The van der Waals surface area contributed by atoms with Gasteiger partial charge in [-0.1, -0.05) is 190 Å². The maximum atomic E-state index is 12.7. The highest BCUT2D eigenvalue weighted by Gasteiger charge is 2.19. The molecule has 0 heterocycles. The summed E-state index contributed by atoms with van der Waals surface area (Å²) in [5, 5.41) is 0. The fourth-order valence-corrected chi connectivity index (χ4v) is 6.76. The largest absolute Gasteiger partial charge is 0.462 e. The number of ether oxygens (including phenoxy) is 3. The summed E-state index contributed by atoms with van der Waals surface area (Å²) in [6, 6.07) is 0. The van der Waals surface area contributed by atoms with Gasteiger partial charge in [0.2, 0.25) is 0 Å². The monoisotopic (exact) mass is 851 g/mol. The molecule has 0 bridgehead atoms. The molecule has 1 atom stereocenters. The predicted molar refractivity (Wildman–Crippen MR) is 261 cm³/mol. The number of allylic oxidation sites excluding steroid dienone is 12. The van der Waals surface area contributed by atoms with E-state index in [2.05, 4.69) is 93.7 Å². The highest BCUT2D eigenvalue weighted by molar-refractivity contribution is 5.71. The van der Waals surface area contributed by atoms with Crippen LogP contribution in [-0.4, -0.2) is 37.2 Å². The molecule has 0 aliphatic heterocycles. The summed E-state index contributed by atoms with van der Waals surface area (Å²) in [5.74, 6) is -0.977. The third-order valence-electron chi connectivity index (χ3n) is 10.7. The summed E-state index contributed by atoms with van der Waals surface area (Å²) in [5.41, 5.74) is 0. The second-order valence-electron chi connectivity index (χ2n) is 16.7. The number of hydrogen-bond acceptors (Lipinski definition) is 6. The van der Waals surface area contributed by atoms with E-state index < -0.39 is 6.10 Å². The van der Waals surface area contributed by atoms with E-state index in [9.17, 15) is 14.4 Å². The van der Waals surface area contributed by atoms with E-state index in [1.165, 1.54) is 109 Å². The Hall–Kier alpha value is -3.15. The van der Waals surface area contributed by atoms with Crippen LogP contribution in [0.25, 0.3) is 0 Å². The van der Waals surface area contributed by atoms with E-state index in [-0.39, 0.29) is 37.5 Å². The van der Waals surface area contributed by atoms with Gasteiger partial charge in [0.05, 0.1) is 0 Å². The van der Waals surface area contributed by atoms with Crippen molar-refractivity contribution in [3.63, 3.8) is 0 Å². The van der Waals surface area contributed by atoms with Gasteiger partial charge in [-0.15, -0.1) is 0 Å². The number of rotatable bonds is 45. The van der Waals surface area contributed by atoms with Crippen LogP contribution in [0.5, 0.6) is 0 Å². The van der Waals surface area contributed by atoms with Crippen LogP contribution >= 0.6 is 0 Å². The molecule has 0 aliphatic carbocycles. The standard InChI is InChI=1S/C55H94O6/c1-4-7-10-13-16-19-22-24-26-27-29-31-34-36-39-42-45-48-54(57)60-51-52(61-55(58)49-46-43-40-37-32-21-18-15-12-9-6-3)50-59-53(56)47-44-41-38-35-33-30-28-25-23-20-17-14-11-8-5-2/h15-16,18-19,24-26,28-29,31,36,39,52H,4-14,17,20-23,27,30,32-35,37-38,40-51H2,1-3H3/b18-15-,19-16-,26-24-,28-25-,31-29-,39-36-/t52-/m0/s1. The van der Waals surface area contributed by atoms with Gasteiger partial charge in [0.25, 0.3) is 0 Å². The number of unbranched alkanes of at least 4 members (excludes halogenated alkanes) is 22. The van der Waals surface area contributed by atoms with Gasteiger partial charge in [0, 0.05) is 19.3 Å². The van der Waals surface area contributed by atoms with Crippen molar-refractivity contribution in [2.75, 3.05) is 13.2 Å². The first-order valence-corrected chi connectivity index (χ1v) is 25.4. The van der Waals surface area contributed by atoms with Crippen LogP contribution in [0.2, 0.25) is 0 Å². The highest BCUT2D eigenvalue weighted by Crippen LogP contribution is 2.13. The molecule has 0 rings (SSSR count). The minimum absolute atomic E-state index is 0.100. The Bertz CT molecular complexity index is 1160. The van der Waals surface area contributed by atoms with Gasteiger partial charge in [-0.2, -0.15) is 0 Å². The molecule has 0 amide bonds. The molecule has 6 heteroatoms. The third-order valence-corrected chi connectivity index (χ3v) is 10.7. The summed E-state index contributed by atoms with van der Waals surface area (Å²) in [7, 11) is 0. The second kappa shape index (κ2) is 49.5. The molecule has 0 aromatic carbocycles. The lowest BCUT2D eigenvalue weighted by Crippen LogP contribution is -2.30. The van der Waals surface area contributed by atoms with E-state index >= 15 is 0 Å². The van der Waals surface area contributed by atoms with Crippen LogP contribution < -0.4 is 0 Å². The Labute approximate surface area is 376 Å². The highest BCUT2D eigenvalue weighted by atomic mass is 16.6. The molecule has 0 spiro atoms. The molecular formula is C55H94O6. The lowest BCUT2D eigenvalue weighted by Gasteiger charge is -2.18. The molecule has 61 heavy (non-hydrogen) atoms. The molecule has 0 saturated heterocycles. The zero-order chi connectivity index (χ0) is 44.4. The second-order valence-corrected chi connectivity index (χ2v) is 16.7. The Balaban J connectivity index is 4.46. The number of esters is 3. The fourth-order valence-electron chi connectivity index (χ4n) is 6.76. The van der Waals surface area contributed by atoms with E-state index in [1.807, 2.05) is 0 Å². The van der Waals surface area contributed by atoms with Crippen LogP contribution in [0.4, 0.5) is 0 Å². The summed E-state index contributed by atoms with van der Waals surface area (Å²) < 4.78 is 16.7. The minimum atomic E-state index is -0.803. The summed E-state index contributed by atoms with van der Waals surface area (Å²) in [4.78, 5) is 37.9. The van der Waals surface area contributed by atoms with Gasteiger partial charge >= 0.3 is 17.9 Å². The van der Waals surface area contributed by atoms with Crippen molar-refractivity contribution in [1.82, 2.24) is 0 Å². The number of carbonyl (C=O) groups excluding carboxylic acids is 3. The normalized spacial score (nSPS) is 12.6. The number of hydrogen-bond donors (Lipinski definition) is 0. The van der Waals surface area contributed by atoms with E-state index in [4.69, 9.17) is 14.2 Å². The average molecular weight is 851 g/mol. The van der Waals surface area contributed by atoms with Crippen molar-refractivity contribution in [2.45, 2.75) is 245 Å². The Kier molecular flexibility index (Phi) is 46.9. The summed E-state index contributed by atoms with van der Waals surface area (Å²) >= 11 is 0. The predicted octanol–water partition coefficient (Wildman–Crippen LogP) is 16.6. The van der Waals surface area contributed by atoms with Crippen LogP contribution in [0.15, 0.2) is 72.9 Å². The molecule has 0 fully saturated rings. The maximum absolute atomic E-state index is 12.7. The van der Waals surface area contributed by atoms with Gasteiger partial charge in [-0.25, -0.2) is 0 Å². The molecular weight excluding hydrogens is 757 g/mol. The first-order chi connectivity index (χ1) is 30.0. The zero-order valence-corrected chi connectivity index (χ0v) is 39.9. The Morgan fingerprint density at radius 2 is 0.623 bits per heavy atom. The lowest BCUT2D eigenvalue weighted by atomic mass is 10.1. The molecule has 0 aromatic heterocycles. The van der Waals surface area contributed by atoms with Gasteiger partial charge in [-0.05, 0) is 103 Å². The number of carbonyl (C=O) groups is 3. The SMILES string of the molecule is CCCC/C=C\CCCCCCCC(=O)O[C@H](COC(=O)CCC/C=C\C/C=C\C/C=C\C/C=C\CCCCC)COC(=O)CCCCCCC/C=C\CCCCCCCC. The van der Waals surface area contributed by atoms with Crippen molar-refractivity contribution in [1.29, 1.82) is 0 Å². The van der Waals surface area contributed by atoms with Crippen LogP contribution in [-0.2, 0) is 28.6 Å². The van der Waals surface area contributed by atoms with E-state index in [1.54, 1.807) is 0 Å². The molecule has 0 unspecified atom stereocenters. The lowest BCUT2D eigenvalue weighted by molar-refractivity contribution is -0.167. The summed E-state index contributed by atoms with van der Waals surface area (Å²) in [6.07, 6.45) is 61.7. The smallest absolute Gasteiger partial charge is 0.306 e. The quantitative estimate of drug-likeness (QED) is 0.0263. The van der Waals surface area contributed by atoms with E-state index in [0.717, 1.165) is 83.5 Å². The van der Waals surface area contributed by atoms with Crippen molar-refractivity contribution >= 4 is 17.9 Å². The molecule has 0 N–H and O–H groups in total. The van der Waals surface area contributed by atoms with Crippen molar-refractivity contribution in [3.8, 4) is 0 Å². The van der Waals surface area contributed by atoms with Crippen LogP contribution in [0.1, 0.15) is 239 Å². The zero-order valence-electron chi connectivity index (χ0n) is 39.9. The van der Waals surface area contributed by atoms with Crippen LogP contribution in [0, 0.1) is 0 Å². The van der Waals surface area contributed by atoms with Crippen molar-refractivity contribution in [3.05, 3.63) is 72.9 Å². The van der Waals surface area contributed by atoms with Gasteiger partial charge in [0.1, 0.15) is 13.2 Å². The van der Waals surface area contributed by atoms with Crippen LogP contribution in [0.3, 0.4) is 0 Å². The van der Waals surface area contributed by atoms with Crippen molar-refractivity contribution in [2.24, 2.45) is 0 Å². The van der Waals surface area contributed by atoms with E-state index in [0.29, 0.717) is 19.3 Å². The molecule has 0 aromatic rings. The van der Waals surface area contributed by atoms with Crippen molar-refractivity contribution < 1.29 is 28.6 Å². The Morgan fingerprint density at radius 3 is 1.08 bits per heavy atom. The molecule has 350 valence electrons. The molecule has 6 nitrogen and oxygen atoms in total. The fraction of sp³-hybridized carbons (Fsp3) is 0.727. The maximum Gasteiger partial charge on any atom is 0.306 e.